The fraction of sp³-hybridized carbons (Fsp3) is 0.647. The Balaban J connectivity index is 1.54. The fourth-order valence-corrected chi connectivity index (χ4v) is 3.71. The van der Waals surface area contributed by atoms with Gasteiger partial charge < -0.3 is 10.6 Å². The van der Waals surface area contributed by atoms with E-state index in [4.69, 9.17) is 5.73 Å². The zero-order valence-corrected chi connectivity index (χ0v) is 12.7. The maximum absolute atomic E-state index is 13.8. The van der Waals surface area contributed by atoms with Crippen LogP contribution in [0.3, 0.4) is 0 Å². The first kappa shape index (κ1) is 14.8. The van der Waals surface area contributed by atoms with Gasteiger partial charge in [0, 0.05) is 38.3 Å². The number of benzene rings is 1. The van der Waals surface area contributed by atoms with Crippen LogP contribution in [0.1, 0.15) is 32.1 Å². The molecule has 1 heterocycles. The molecule has 0 spiro atoms. The van der Waals surface area contributed by atoms with Crippen molar-refractivity contribution >= 4 is 5.69 Å². The van der Waals surface area contributed by atoms with Crippen LogP contribution < -0.4 is 10.6 Å². The molecule has 1 aromatic rings. The summed E-state index contributed by atoms with van der Waals surface area (Å²) >= 11 is 0. The van der Waals surface area contributed by atoms with E-state index >= 15 is 0 Å². The number of halogens is 1. The summed E-state index contributed by atoms with van der Waals surface area (Å²) in [4.78, 5) is 4.61. The Labute approximate surface area is 126 Å². The van der Waals surface area contributed by atoms with Crippen molar-refractivity contribution in [3.8, 4) is 0 Å². The smallest absolute Gasteiger partial charge is 0.146 e. The van der Waals surface area contributed by atoms with E-state index in [0.29, 0.717) is 0 Å². The van der Waals surface area contributed by atoms with E-state index in [0.717, 1.165) is 51.3 Å². The Hall–Kier alpha value is -1.13. The van der Waals surface area contributed by atoms with Crippen LogP contribution in [0.2, 0.25) is 0 Å². The summed E-state index contributed by atoms with van der Waals surface area (Å²) in [5.41, 5.74) is 7.29. The first-order valence-corrected chi connectivity index (χ1v) is 8.17. The Morgan fingerprint density at radius 2 is 1.67 bits per heavy atom. The van der Waals surface area contributed by atoms with Gasteiger partial charge in [-0.2, -0.15) is 0 Å². The van der Waals surface area contributed by atoms with Crippen molar-refractivity contribution in [1.29, 1.82) is 0 Å². The summed E-state index contributed by atoms with van der Waals surface area (Å²) < 4.78 is 13.8. The highest BCUT2D eigenvalue weighted by atomic mass is 19.1. The van der Waals surface area contributed by atoms with E-state index in [-0.39, 0.29) is 11.4 Å². The Kier molecular flexibility index (Phi) is 4.45. The maximum atomic E-state index is 13.8. The summed E-state index contributed by atoms with van der Waals surface area (Å²) in [6.07, 6.45) is 6.18. The van der Waals surface area contributed by atoms with Crippen molar-refractivity contribution in [2.24, 2.45) is 5.73 Å². The lowest BCUT2D eigenvalue weighted by Gasteiger charge is -2.42. The van der Waals surface area contributed by atoms with Crippen molar-refractivity contribution in [3.05, 3.63) is 30.1 Å². The molecule has 21 heavy (non-hydrogen) atoms. The third-order valence-corrected chi connectivity index (χ3v) is 4.95. The molecule has 0 atom stereocenters. The van der Waals surface area contributed by atoms with Gasteiger partial charge in [0.05, 0.1) is 5.69 Å². The molecule has 4 heteroatoms. The monoisotopic (exact) mass is 291 g/mol. The molecule has 3 nitrogen and oxygen atoms in total. The first-order valence-electron chi connectivity index (χ1n) is 8.17. The molecule has 0 amide bonds. The first-order chi connectivity index (χ1) is 10.2. The van der Waals surface area contributed by atoms with Crippen LogP contribution in [0, 0.1) is 5.82 Å². The number of nitrogens with zero attached hydrogens (tertiary/aromatic N) is 2. The van der Waals surface area contributed by atoms with E-state index < -0.39 is 0 Å². The summed E-state index contributed by atoms with van der Waals surface area (Å²) in [5.74, 6) is -0.117. The number of hydrogen-bond acceptors (Lipinski definition) is 3. The molecular weight excluding hydrogens is 265 g/mol. The zero-order valence-electron chi connectivity index (χ0n) is 12.7. The van der Waals surface area contributed by atoms with Crippen LogP contribution in [0.15, 0.2) is 24.3 Å². The lowest BCUT2D eigenvalue weighted by molar-refractivity contribution is 0.165. The Bertz CT molecular complexity index is 463. The predicted octanol–water partition coefficient (Wildman–Crippen LogP) is 2.61. The molecule has 1 aliphatic carbocycles. The molecule has 2 aliphatic rings. The van der Waals surface area contributed by atoms with E-state index in [1.165, 1.54) is 19.3 Å². The lowest BCUT2D eigenvalue weighted by atomic mass is 9.82. The molecular formula is C17H26FN3. The number of para-hydroxylation sites is 1. The standard InChI is InChI=1S/C17H26FN3/c18-15-6-2-3-7-16(15)21-12-10-20(11-13-21)14-17(19)8-4-1-5-9-17/h2-3,6-7H,1,4-5,8-14,19H2. The molecule has 0 radical (unpaired) electrons. The highest BCUT2D eigenvalue weighted by molar-refractivity contribution is 5.47. The van der Waals surface area contributed by atoms with Crippen molar-refractivity contribution in [2.45, 2.75) is 37.6 Å². The molecule has 0 unspecified atom stereocenters. The van der Waals surface area contributed by atoms with Crippen LogP contribution in [0.25, 0.3) is 0 Å². The molecule has 1 aromatic carbocycles. The average molecular weight is 291 g/mol. The van der Waals surface area contributed by atoms with Gasteiger partial charge in [-0.3, -0.25) is 4.90 Å². The van der Waals surface area contributed by atoms with Gasteiger partial charge in [0.25, 0.3) is 0 Å². The van der Waals surface area contributed by atoms with Crippen LogP contribution in [0.5, 0.6) is 0 Å². The number of anilines is 1. The topological polar surface area (TPSA) is 32.5 Å². The van der Waals surface area contributed by atoms with Crippen LogP contribution in [-0.2, 0) is 0 Å². The maximum Gasteiger partial charge on any atom is 0.146 e. The summed E-state index contributed by atoms with van der Waals surface area (Å²) in [5, 5.41) is 0. The summed E-state index contributed by atoms with van der Waals surface area (Å²) in [7, 11) is 0. The van der Waals surface area contributed by atoms with Crippen molar-refractivity contribution in [3.63, 3.8) is 0 Å². The van der Waals surface area contributed by atoms with Gasteiger partial charge in [0.1, 0.15) is 5.82 Å². The minimum absolute atomic E-state index is 0.0123. The van der Waals surface area contributed by atoms with Crippen molar-refractivity contribution in [2.75, 3.05) is 37.6 Å². The minimum Gasteiger partial charge on any atom is -0.367 e. The van der Waals surface area contributed by atoms with Gasteiger partial charge in [-0.25, -0.2) is 4.39 Å². The number of piperazine rings is 1. The van der Waals surface area contributed by atoms with Gasteiger partial charge in [0.15, 0.2) is 0 Å². The minimum atomic E-state index is -0.117. The largest absolute Gasteiger partial charge is 0.367 e. The highest BCUT2D eigenvalue weighted by Gasteiger charge is 2.31. The molecule has 116 valence electrons. The Morgan fingerprint density at radius 3 is 2.33 bits per heavy atom. The van der Waals surface area contributed by atoms with Gasteiger partial charge in [-0.05, 0) is 25.0 Å². The number of nitrogens with two attached hydrogens (primary N) is 1. The molecule has 0 bridgehead atoms. The highest BCUT2D eigenvalue weighted by Crippen LogP contribution is 2.27. The van der Waals surface area contributed by atoms with Crippen molar-refractivity contribution < 1.29 is 4.39 Å². The van der Waals surface area contributed by atoms with Crippen molar-refractivity contribution in [1.82, 2.24) is 4.90 Å². The van der Waals surface area contributed by atoms with E-state index in [2.05, 4.69) is 9.80 Å². The number of hydrogen-bond donors (Lipinski definition) is 1. The molecule has 2 N–H and O–H groups in total. The quantitative estimate of drug-likeness (QED) is 0.929. The van der Waals surface area contributed by atoms with Crippen LogP contribution >= 0.6 is 0 Å². The SMILES string of the molecule is NC1(CN2CCN(c3ccccc3F)CC2)CCCCC1. The third kappa shape index (κ3) is 3.55. The summed E-state index contributed by atoms with van der Waals surface area (Å²) in [6, 6.07) is 7.06. The fourth-order valence-electron chi connectivity index (χ4n) is 3.71. The van der Waals surface area contributed by atoms with E-state index in [1.54, 1.807) is 12.1 Å². The second kappa shape index (κ2) is 6.32. The molecule has 1 saturated carbocycles. The number of rotatable bonds is 3. The van der Waals surface area contributed by atoms with Gasteiger partial charge in [-0.15, -0.1) is 0 Å². The lowest BCUT2D eigenvalue weighted by Crippen LogP contribution is -2.56. The predicted molar refractivity (Wildman–Crippen MR) is 85.1 cm³/mol. The second-order valence-corrected chi connectivity index (χ2v) is 6.64. The van der Waals surface area contributed by atoms with Gasteiger partial charge in [0.2, 0.25) is 0 Å². The van der Waals surface area contributed by atoms with Crippen LogP contribution in [-0.4, -0.2) is 43.2 Å². The van der Waals surface area contributed by atoms with Gasteiger partial charge >= 0.3 is 0 Å². The zero-order chi connectivity index (χ0) is 14.7. The molecule has 1 aliphatic heterocycles. The van der Waals surface area contributed by atoms with E-state index in [1.807, 2.05) is 12.1 Å². The normalized spacial score (nSPS) is 23.2. The molecule has 2 fully saturated rings. The van der Waals surface area contributed by atoms with E-state index in [9.17, 15) is 4.39 Å². The molecule has 3 rings (SSSR count). The van der Waals surface area contributed by atoms with Gasteiger partial charge in [-0.1, -0.05) is 31.4 Å². The molecule has 1 saturated heterocycles. The molecule has 0 aromatic heterocycles. The Morgan fingerprint density at radius 1 is 1.00 bits per heavy atom. The second-order valence-electron chi connectivity index (χ2n) is 6.64. The average Bonchev–Trinajstić information content (AvgIpc) is 2.49. The van der Waals surface area contributed by atoms with Crippen LogP contribution in [0.4, 0.5) is 10.1 Å². The summed E-state index contributed by atoms with van der Waals surface area (Å²) in [6.45, 7) is 4.73. The third-order valence-electron chi connectivity index (χ3n) is 4.95.